The molecular weight excluding hydrogens is 380 g/mol. The zero-order valence-corrected chi connectivity index (χ0v) is 16.6. The van der Waals surface area contributed by atoms with Crippen molar-refractivity contribution in [1.82, 2.24) is 0 Å². The maximum absolute atomic E-state index is 11.6. The summed E-state index contributed by atoms with van der Waals surface area (Å²) in [5.74, 6) is -4.77. The predicted octanol–water partition coefficient (Wildman–Crippen LogP) is -0.138. The van der Waals surface area contributed by atoms with E-state index in [9.17, 15) is 29.1 Å². The lowest BCUT2D eigenvalue weighted by Gasteiger charge is -2.35. The third kappa shape index (κ3) is 9.86. The second-order valence-electron chi connectivity index (χ2n) is 6.00. The van der Waals surface area contributed by atoms with Crippen LogP contribution in [-0.4, -0.2) is 66.2 Å². The molecule has 11 nitrogen and oxygen atoms in total. The zero-order valence-electron chi connectivity index (χ0n) is 16.6. The standard InChI is InChI=1S/C17H26O11/c1-8(7-24-9(2)18)14(25-10(3)19)15(26-11(4)20)16(27-12(5)21)17(23)28-13(6)22/h8,14-17,23H,7H2,1-6H3. The fourth-order valence-corrected chi connectivity index (χ4v) is 2.27. The quantitative estimate of drug-likeness (QED) is 0.293. The van der Waals surface area contributed by atoms with Crippen LogP contribution in [0.15, 0.2) is 0 Å². The molecule has 0 spiro atoms. The molecule has 5 unspecified atom stereocenters. The van der Waals surface area contributed by atoms with Crippen LogP contribution in [0.4, 0.5) is 0 Å². The van der Waals surface area contributed by atoms with E-state index < -0.39 is 60.4 Å². The van der Waals surface area contributed by atoms with Gasteiger partial charge in [0.15, 0.2) is 6.10 Å². The second kappa shape index (κ2) is 11.9. The van der Waals surface area contributed by atoms with E-state index in [-0.39, 0.29) is 6.61 Å². The van der Waals surface area contributed by atoms with Crippen molar-refractivity contribution in [3.63, 3.8) is 0 Å². The minimum atomic E-state index is -2.02. The molecule has 0 heterocycles. The van der Waals surface area contributed by atoms with Crippen LogP contribution in [-0.2, 0) is 47.7 Å². The Morgan fingerprint density at radius 3 is 1.43 bits per heavy atom. The molecule has 160 valence electrons. The van der Waals surface area contributed by atoms with Gasteiger partial charge in [0.1, 0.15) is 6.10 Å². The van der Waals surface area contributed by atoms with E-state index in [1.807, 2.05) is 0 Å². The maximum Gasteiger partial charge on any atom is 0.305 e. The first kappa shape index (κ1) is 25.3. The lowest BCUT2D eigenvalue weighted by atomic mass is 9.95. The SMILES string of the molecule is CC(=O)OCC(C)C(OC(C)=O)C(OC(C)=O)C(OC(C)=O)C(O)OC(C)=O. The summed E-state index contributed by atoms with van der Waals surface area (Å²) in [5, 5.41) is 10.2. The molecule has 0 radical (unpaired) electrons. The summed E-state index contributed by atoms with van der Waals surface area (Å²) >= 11 is 0. The molecule has 0 aliphatic carbocycles. The fourth-order valence-electron chi connectivity index (χ4n) is 2.27. The van der Waals surface area contributed by atoms with Gasteiger partial charge in [-0.05, 0) is 0 Å². The number of hydrogen-bond donors (Lipinski definition) is 1. The molecule has 28 heavy (non-hydrogen) atoms. The summed E-state index contributed by atoms with van der Waals surface area (Å²) in [7, 11) is 0. The highest BCUT2D eigenvalue weighted by Gasteiger charge is 2.45. The molecule has 0 fully saturated rings. The van der Waals surface area contributed by atoms with Gasteiger partial charge in [0.25, 0.3) is 0 Å². The Morgan fingerprint density at radius 1 is 0.643 bits per heavy atom. The summed E-state index contributed by atoms with van der Waals surface area (Å²) in [4.78, 5) is 56.9. The van der Waals surface area contributed by atoms with Gasteiger partial charge in [-0.3, -0.25) is 24.0 Å². The highest BCUT2D eigenvalue weighted by atomic mass is 16.7. The predicted molar refractivity (Wildman–Crippen MR) is 90.2 cm³/mol. The number of carbonyl (C=O) groups excluding carboxylic acids is 5. The van der Waals surface area contributed by atoms with Gasteiger partial charge in [0.05, 0.1) is 6.61 Å². The van der Waals surface area contributed by atoms with Crippen LogP contribution in [0.1, 0.15) is 41.5 Å². The average molecular weight is 406 g/mol. The third-order valence-corrected chi connectivity index (χ3v) is 3.23. The van der Waals surface area contributed by atoms with Gasteiger partial charge in [0, 0.05) is 40.5 Å². The maximum atomic E-state index is 11.6. The largest absolute Gasteiger partial charge is 0.465 e. The summed E-state index contributed by atoms with van der Waals surface area (Å²) in [6.07, 6.45) is -6.61. The summed E-state index contributed by atoms with van der Waals surface area (Å²) in [5.41, 5.74) is 0. The lowest BCUT2D eigenvalue weighted by molar-refractivity contribution is -0.230. The molecule has 0 aliphatic heterocycles. The molecule has 1 N–H and O–H groups in total. The number of aliphatic hydroxyl groups is 1. The highest BCUT2D eigenvalue weighted by molar-refractivity contribution is 5.69. The molecule has 0 aliphatic rings. The van der Waals surface area contributed by atoms with Crippen LogP contribution in [0.2, 0.25) is 0 Å². The number of aliphatic hydroxyl groups excluding tert-OH is 1. The minimum absolute atomic E-state index is 0.235. The van der Waals surface area contributed by atoms with Crippen LogP contribution in [0.3, 0.4) is 0 Å². The summed E-state index contributed by atoms with van der Waals surface area (Å²) in [6, 6.07) is 0. The topological polar surface area (TPSA) is 152 Å². The van der Waals surface area contributed by atoms with E-state index in [2.05, 4.69) is 4.74 Å². The number of rotatable bonds is 10. The van der Waals surface area contributed by atoms with Crippen molar-refractivity contribution < 1.29 is 52.8 Å². The molecule has 0 aromatic heterocycles. The molecule has 0 rings (SSSR count). The van der Waals surface area contributed by atoms with E-state index >= 15 is 0 Å². The minimum Gasteiger partial charge on any atom is -0.465 e. The van der Waals surface area contributed by atoms with Crippen molar-refractivity contribution in [2.45, 2.75) is 66.1 Å². The van der Waals surface area contributed by atoms with E-state index in [0.29, 0.717) is 0 Å². The Morgan fingerprint density at radius 2 is 1.04 bits per heavy atom. The van der Waals surface area contributed by atoms with Gasteiger partial charge >= 0.3 is 29.8 Å². The molecule has 5 atom stereocenters. The Bertz CT molecular complexity index is 586. The van der Waals surface area contributed by atoms with Crippen LogP contribution >= 0.6 is 0 Å². The first-order chi connectivity index (χ1) is 12.8. The van der Waals surface area contributed by atoms with Gasteiger partial charge in [-0.1, -0.05) is 6.92 Å². The molecule has 0 saturated heterocycles. The van der Waals surface area contributed by atoms with Crippen molar-refractivity contribution in [2.75, 3.05) is 6.61 Å². The molecular formula is C17H26O11. The third-order valence-electron chi connectivity index (χ3n) is 3.23. The van der Waals surface area contributed by atoms with Crippen molar-refractivity contribution in [1.29, 1.82) is 0 Å². The first-order valence-electron chi connectivity index (χ1n) is 8.35. The second-order valence-corrected chi connectivity index (χ2v) is 6.00. The molecule has 0 saturated carbocycles. The van der Waals surface area contributed by atoms with E-state index in [1.165, 1.54) is 13.8 Å². The molecule has 0 bridgehead atoms. The smallest absolute Gasteiger partial charge is 0.305 e. The number of esters is 5. The number of hydrogen-bond acceptors (Lipinski definition) is 11. The van der Waals surface area contributed by atoms with E-state index in [4.69, 9.17) is 18.9 Å². The fraction of sp³-hybridized carbons (Fsp3) is 0.706. The molecule has 11 heteroatoms. The van der Waals surface area contributed by atoms with E-state index in [1.54, 1.807) is 0 Å². The van der Waals surface area contributed by atoms with Gasteiger partial charge < -0.3 is 28.8 Å². The normalized spacial score (nSPS) is 15.8. The van der Waals surface area contributed by atoms with Crippen molar-refractivity contribution in [2.24, 2.45) is 5.92 Å². The lowest BCUT2D eigenvalue weighted by Crippen LogP contribution is -2.54. The molecule has 0 amide bonds. The highest BCUT2D eigenvalue weighted by Crippen LogP contribution is 2.23. The van der Waals surface area contributed by atoms with Crippen molar-refractivity contribution >= 4 is 29.8 Å². The Labute approximate surface area is 162 Å². The van der Waals surface area contributed by atoms with Crippen LogP contribution in [0, 0.1) is 5.92 Å². The summed E-state index contributed by atoms with van der Waals surface area (Å²) in [6.45, 7) is 6.58. The van der Waals surface area contributed by atoms with Crippen LogP contribution in [0.5, 0.6) is 0 Å². The Kier molecular flexibility index (Phi) is 10.8. The van der Waals surface area contributed by atoms with Crippen molar-refractivity contribution in [3.05, 3.63) is 0 Å². The molecule has 0 aromatic carbocycles. The van der Waals surface area contributed by atoms with E-state index in [0.717, 1.165) is 27.7 Å². The van der Waals surface area contributed by atoms with Crippen LogP contribution < -0.4 is 0 Å². The Hall–Kier alpha value is -2.69. The molecule has 0 aromatic rings. The monoisotopic (exact) mass is 406 g/mol. The first-order valence-corrected chi connectivity index (χ1v) is 8.35. The van der Waals surface area contributed by atoms with Gasteiger partial charge in [-0.25, -0.2) is 0 Å². The van der Waals surface area contributed by atoms with Crippen LogP contribution in [0.25, 0.3) is 0 Å². The zero-order chi connectivity index (χ0) is 22.0. The average Bonchev–Trinajstić information content (AvgIpc) is 2.52. The van der Waals surface area contributed by atoms with Gasteiger partial charge in [-0.2, -0.15) is 0 Å². The van der Waals surface area contributed by atoms with Gasteiger partial charge in [0.2, 0.25) is 12.4 Å². The summed E-state index contributed by atoms with van der Waals surface area (Å²) < 4.78 is 24.8. The Balaban J connectivity index is 5.99. The van der Waals surface area contributed by atoms with Gasteiger partial charge in [-0.15, -0.1) is 0 Å². The van der Waals surface area contributed by atoms with Crippen molar-refractivity contribution in [3.8, 4) is 0 Å². The number of carbonyl (C=O) groups is 5. The number of ether oxygens (including phenoxy) is 5.